The van der Waals surface area contributed by atoms with Gasteiger partial charge in [-0.3, -0.25) is 0 Å². The third-order valence-corrected chi connectivity index (χ3v) is 1.42. The van der Waals surface area contributed by atoms with Gasteiger partial charge in [-0.2, -0.15) is 13.2 Å². The van der Waals surface area contributed by atoms with Gasteiger partial charge in [-0.25, -0.2) is 0 Å². The second-order valence-corrected chi connectivity index (χ2v) is 2.32. The zero-order valence-corrected chi connectivity index (χ0v) is 6.26. The second-order valence-electron chi connectivity index (χ2n) is 2.32. The first-order chi connectivity index (χ1) is 5.93. The topological polar surface area (TPSA) is 40.5 Å². The predicted octanol–water partition coefficient (Wildman–Crippen LogP) is -0.0144. The fourth-order valence-electron chi connectivity index (χ4n) is 0.853. The van der Waals surface area contributed by atoms with E-state index in [2.05, 4.69) is 12.1 Å². The Bertz CT molecular complexity index is 298. The van der Waals surface area contributed by atoms with Gasteiger partial charge in [-0.1, -0.05) is 12.1 Å². The predicted molar refractivity (Wildman–Crippen MR) is 38.9 cm³/mol. The van der Waals surface area contributed by atoms with Crippen LogP contribution in [-0.4, -0.2) is 17.2 Å². The minimum atomic E-state index is -4.61. The molecule has 0 bridgehead atoms. The highest BCUT2D eigenvalue weighted by molar-refractivity contribution is 6.59. The summed E-state index contributed by atoms with van der Waals surface area (Å²) in [6.07, 6.45) is -4.61. The molecular weight excluding hydrogens is 184 g/mol. The first-order valence-electron chi connectivity index (χ1n) is 3.28. The zero-order chi connectivity index (χ0) is 10.1. The van der Waals surface area contributed by atoms with E-state index in [1.54, 1.807) is 0 Å². The average Bonchev–Trinajstić information content (AvgIpc) is 2.03. The lowest BCUT2D eigenvalue weighted by Gasteiger charge is -2.09. The number of hydrogen-bond acceptors (Lipinski definition) is 2. The Hall–Kier alpha value is -1.19. The highest BCUT2D eigenvalue weighted by Crippen LogP contribution is 2.26. The maximum absolute atomic E-state index is 12.2. The van der Waals surface area contributed by atoms with E-state index in [-0.39, 0.29) is 0 Å². The van der Waals surface area contributed by atoms with Crippen LogP contribution in [0.3, 0.4) is 0 Å². The van der Waals surface area contributed by atoms with Crippen LogP contribution < -0.4 is 5.46 Å². The second kappa shape index (κ2) is 3.28. The molecule has 0 fully saturated rings. The Morgan fingerprint density at radius 2 is 1.69 bits per heavy atom. The Morgan fingerprint density at radius 1 is 1.15 bits per heavy atom. The first-order valence-corrected chi connectivity index (χ1v) is 3.28. The van der Waals surface area contributed by atoms with E-state index in [0.717, 1.165) is 6.07 Å². The summed E-state index contributed by atoms with van der Waals surface area (Å²) in [5, 5.41) is 17.2. The van der Waals surface area contributed by atoms with Gasteiger partial charge in [0.25, 0.3) is 0 Å². The molecular formula is C7H4BF3O2. The van der Waals surface area contributed by atoms with Crippen molar-refractivity contribution in [2.24, 2.45) is 0 Å². The van der Waals surface area contributed by atoms with Crippen LogP contribution in [0, 0.1) is 12.1 Å². The minimum Gasteiger partial charge on any atom is -0.423 e. The number of alkyl halides is 3. The highest BCUT2D eigenvalue weighted by Gasteiger charge is 2.35. The van der Waals surface area contributed by atoms with E-state index in [1.165, 1.54) is 0 Å². The molecule has 0 aliphatic rings. The highest BCUT2D eigenvalue weighted by atomic mass is 19.4. The van der Waals surface area contributed by atoms with E-state index >= 15 is 0 Å². The van der Waals surface area contributed by atoms with E-state index < -0.39 is 24.3 Å². The molecule has 0 aliphatic heterocycles. The summed E-state index contributed by atoms with van der Waals surface area (Å²) in [5.41, 5.74) is -1.73. The third kappa shape index (κ3) is 2.14. The Labute approximate surface area is 72.8 Å². The molecule has 0 spiro atoms. The maximum Gasteiger partial charge on any atom is 0.489 e. The lowest BCUT2D eigenvalue weighted by atomic mass is 9.77. The molecule has 13 heavy (non-hydrogen) atoms. The van der Waals surface area contributed by atoms with Crippen LogP contribution in [0.4, 0.5) is 13.2 Å². The summed E-state index contributed by atoms with van der Waals surface area (Å²) in [6, 6.07) is 5.77. The van der Waals surface area contributed by atoms with Crippen molar-refractivity contribution >= 4 is 12.6 Å². The molecule has 0 amide bonds. The molecule has 0 aliphatic carbocycles. The number of halogens is 3. The van der Waals surface area contributed by atoms with Crippen molar-refractivity contribution in [2.75, 3.05) is 0 Å². The summed E-state index contributed by atoms with van der Waals surface area (Å²) in [4.78, 5) is 0. The lowest BCUT2D eigenvalue weighted by Crippen LogP contribution is -2.35. The quantitative estimate of drug-likeness (QED) is 0.608. The molecule has 68 valence electrons. The van der Waals surface area contributed by atoms with E-state index in [9.17, 15) is 13.2 Å². The molecule has 0 radical (unpaired) electrons. The van der Waals surface area contributed by atoms with E-state index in [0.29, 0.717) is 6.07 Å². The van der Waals surface area contributed by atoms with Crippen LogP contribution in [0.2, 0.25) is 0 Å². The Kier molecular flexibility index (Phi) is 2.50. The smallest absolute Gasteiger partial charge is 0.423 e. The normalized spacial score (nSPS) is 10.8. The van der Waals surface area contributed by atoms with Crippen LogP contribution in [0.1, 0.15) is 5.56 Å². The minimum absolute atomic E-state index is 0.619. The van der Waals surface area contributed by atoms with Gasteiger partial charge in [-0.15, -0.1) is 0 Å². The van der Waals surface area contributed by atoms with Crippen molar-refractivity contribution in [3.63, 3.8) is 0 Å². The van der Waals surface area contributed by atoms with Gasteiger partial charge in [0.05, 0.1) is 5.56 Å². The largest absolute Gasteiger partial charge is 0.489 e. The summed E-state index contributed by atoms with van der Waals surface area (Å²) >= 11 is 0. The molecule has 0 unspecified atom stereocenters. The molecule has 0 saturated carbocycles. The summed E-state index contributed by atoms with van der Waals surface area (Å²) in [6.45, 7) is 0. The van der Waals surface area contributed by atoms with Crippen LogP contribution in [0.25, 0.3) is 0 Å². The van der Waals surface area contributed by atoms with Crippen molar-refractivity contribution < 1.29 is 23.2 Å². The van der Waals surface area contributed by atoms with Crippen LogP contribution in [0.15, 0.2) is 12.1 Å². The fourth-order valence-corrected chi connectivity index (χ4v) is 0.853. The van der Waals surface area contributed by atoms with Crippen molar-refractivity contribution in [1.82, 2.24) is 0 Å². The van der Waals surface area contributed by atoms with Crippen molar-refractivity contribution in [3.8, 4) is 0 Å². The van der Waals surface area contributed by atoms with E-state index in [4.69, 9.17) is 10.0 Å². The molecule has 1 aromatic rings. The van der Waals surface area contributed by atoms with Gasteiger partial charge in [0, 0.05) is 11.5 Å². The van der Waals surface area contributed by atoms with Crippen molar-refractivity contribution in [1.29, 1.82) is 0 Å². The molecule has 1 aromatic carbocycles. The van der Waals surface area contributed by atoms with Crippen molar-refractivity contribution in [2.45, 2.75) is 6.18 Å². The van der Waals surface area contributed by atoms with Gasteiger partial charge in [0.1, 0.15) is 0 Å². The first kappa shape index (κ1) is 9.90. The van der Waals surface area contributed by atoms with Gasteiger partial charge < -0.3 is 10.0 Å². The molecule has 6 heteroatoms. The summed E-state index contributed by atoms with van der Waals surface area (Å²) in [7, 11) is -2.15. The maximum atomic E-state index is 12.2. The molecule has 2 N–H and O–H groups in total. The fraction of sp³-hybridized carbons (Fsp3) is 0.143. The summed E-state index contributed by atoms with van der Waals surface area (Å²) in [5.74, 6) is 0. The third-order valence-electron chi connectivity index (χ3n) is 1.42. The van der Waals surface area contributed by atoms with Gasteiger partial charge >= 0.3 is 13.3 Å². The van der Waals surface area contributed by atoms with Gasteiger partial charge in [0.2, 0.25) is 0 Å². The van der Waals surface area contributed by atoms with Crippen LogP contribution >= 0.6 is 0 Å². The molecule has 0 atom stereocenters. The standard InChI is InChI=1S/C7H4BF3O2/c9-7(10,11)5-3-1-2-4-6(5)8(12)13/h3-4,12-13H. The van der Waals surface area contributed by atoms with Gasteiger partial charge in [-0.05, 0) is 6.07 Å². The molecule has 0 heterocycles. The van der Waals surface area contributed by atoms with E-state index in [1.807, 2.05) is 0 Å². The Morgan fingerprint density at radius 3 is 2.08 bits per heavy atom. The summed E-state index contributed by atoms with van der Waals surface area (Å²) < 4.78 is 36.5. The van der Waals surface area contributed by atoms with Crippen LogP contribution in [0.5, 0.6) is 0 Å². The SMILES string of the molecule is OB(O)c1cc#ccc1C(F)(F)F. The molecule has 1 rings (SSSR count). The van der Waals surface area contributed by atoms with Crippen LogP contribution in [-0.2, 0) is 6.18 Å². The average molecular weight is 188 g/mol. The number of hydrogen-bond donors (Lipinski definition) is 2. The molecule has 0 saturated heterocycles. The van der Waals surface area contributed by atoms with Gasteiger partial charge in [0.15, 0.2) is 0 Å². The monoisotopic (exact) mass is 188 g/mol. The number of rotatable bonds is 1. The Balaban J connectivity index is 3.20. The van der Waals surface area contributed by atoms with Crippen molar-refractivity contribution in [3.05, 3.63) is 29.8 Å². The lowest BCUT2D eigenvalue weighted by molar-refractivity contribution is -0.136. The zero-order valence-electron chi connectivity index (χ0n) is 6.26. The molecule has 0 aromatic heterocycles. The molecule has 2 nitrogen and oxygen atoms in total.